The molecule has 0 saturated carbocycles. The van der Waals surface area contributed by atoms with Crippen LogP contribution in [0, 0.1) is 5.92 Å². The average molecular weight is 357 g/mol. The topological polar surface area (TPSA) is 69.3 Å². The highest BCUT2D eigenvalue weighted by Crippen LogP contribution is 2.39. The Hall–Kier alpha value is -2.51. The van der Waals surface area contributed by atoms with E-state index in [0.29, 0.717) is 33.8 Å². The molecule has 0 atom stereocenters. The van der Waals surface area contributed by atoms with Crippen molar-refractivity contribution in [3.63, 3.8) is 0 Å². The molecule has 8 heteroatoms. The number of hydrogen-bond donors (Lipinski definition) is 0. The Kier molecular flexibility index (Phi) is 3.70. The number of carbonyl (C=O) groups excluding carboxylic acids is 1. The monoisotopic (exact) mass is 356 g/mol. The minimum atomic E-state index is -0.169. The molecule has 0 unspecified atom stereocenters. The molecule has 3 heterocycles. The summed E-state index contributed by atoms with van der Waals surface area (Å²) in [4.78, 5) is 20.6. The summed E-state index contributed by atoms with van der Waals surface area (Å²) in [6.07, 6.45) is 4.37. The van der Waals surface area contributed by atoms with Crippen molar-refractivity contribution in [1.29, 1.82) is 0 Å². The summed E-state index contributed by atoms with van der Waals surface area (Å²) in [6, 6.07) is 5.39. The van der Waals surface area contributed by atoms with Gasteiger partial charge in [-0.3, -0.25) is 9.69 Å². The van der Waals surface area contributed by atoms with Crippen molar-refractivity contribution in [3.05, 3.63) is 46.5 Å². The Balaban J connectivity index is 1.82. The molecule has 1 radical (unpaired) electrons. The van der Waals surface area contributed by atoms with Gasteiger partial charge in [0.05, 0.1) is 16.9 Å². The summed E-state index contributed by atoms with van der Waals surface area (Å²) >= 11 is 6.24. The molecular formula is C17H17ClN6O+. The quantitative estimate of drug-likeness (QED) is 0.794. The molecule has 0 N–H and O–H groups in total. The highest BCUT2D eigenvalue weighted by Gasteiger charge is 2.47. The van der Waals surface area contributed by atoms with Crippen molar-refractivity contribution in [1.82, 2.24) is 24.8 Å². The van der Waals surface area contributed by atoms with Crippen molar-refractivity contribution in [2.24, 2.45) is 10.9 Å². The molecule has 0 spiro atoms. The molecule has 127 valence electrons. The van der Waals surface area contributed by atoms with Crippen LogP contribution in [0.25, 0.3) is 5.82 Å². The molecule has 7 nitrogen and oxygen atoms in total. The number of anilines is 1. The van der Waals surface area contributed by atoms with Crippen molar-refractivity contribution < 1.29 is 4.79 Å². The van der Waals surface area contributed by atoms with Crippen molar-refractivity contribution >= 4 is 35.4 Å². The third-order valence-electron chi connectivity index (χ3n) is 4.19. The first-order chi connectivity index (χ1) is 12.0. The molecule has 1 amide bonds. The van der Waals surface area contributed by atoms with Gasteiger partial charge in [-0.15, -0.1) is 5.10 Å². The third-order valence-corrected chi connectivity index (χ3v) is 4.50. The zero-order chi connectivity index (χ0) is 17.7. The second kappa shape index (κ2) is 5.79. The van der Waals surface area contributed by atoms with Gasteiger partial charge in [0, 0.05) is 13.1 Å². The molecule has 4 rings (SSSR count). The number of carbonyl (C=O) groups is 1. The molecule has 2 aliphatic heterocycles. The minimum absolute atomic E-state index is 0.169. The molecule has 25 heavy (non-hydrogen) atoms. The highest BCUT2D eigenvalue weighted by molar-refractivity contribution is 6.35. The zero-order valence-corrected chi connectivity index (χ0v) is 14.9. The predicted molar refractivity (Wildman–Crippen MR) is 95.6 cm³/mol. The summed E-state index contributed by atoms with van der Waals surface area (Å²) < 4.78 is 1.61. The average Bonchev–Trinajstić information content (AvgIpc) is 3.18. The van der Waals surface area contributed by atoms with Gasteiger partial charge in [-0.2, -0.15) is 9.67 Å². The number of benzene rings is 1. The summed E-state index contributed by atoms with van der Waals surface area (Å²) in [5.74, 6) is 1.52. The van der Waals surface area contributed by atoms with E-state index in [9.17, 15) is 4.79 Å². The summed E-state index contributed by atoms with van der Waals surface area (Å²) in [5.41, 5.74) is 2.08. The molecule has 1 aromatic carbocycles. The number of hydrogen-bond acceptors (Lipinski definition) is 5. The van der Waals surface area contributed by atoms with Crippen molar-refractivity contribution in [3.8, 4) is 0 Å². The van der Waals surface area contributed by atoms with Crippen LogP contribution in [0.4, 0.5) is 5.69 Å². The van der Waals surface area contributed by atoms with Crippen LogP contribution < -0.4 is 4.90 Å². The number of aromatic nitrogens is 3. The van der Waals surface area contributed by atoms with Gasteiger partial charge in [-0.1, -0.05) is 36.7 Å². The molecule has 0 saturated heterocycles. The Morgan fingerprint density at radius 1 is 1.32 bits per heavy atom. The lowest BCUT2D eigenvalue weighted by Crippen LogP contribution is -2.41. The fraction of sp³-hybridized carbons (Fsp3) is 0.294. The van der Waals surface area contributed by atoms with Crippen LogP contribution in [0.1, 0.15) is 29.9 Å². The fourth-order valence-corrected chi connectivity index (χ4v) is 3.34. The van der Waals surface area contributed by atoms with Gasteiger partial charge in [0.2, 0.25) is 11.5 Å². The normalized spacial score (nSPS) is 16.8. The molecule has 2 aromatic rings. The van der Waals surface area contributed by atoms with E-state index < -0.39 is 0 Å². The Morgan fingerprint density at radius 3 is 2.88 bits per heavy atom. The first-order valence-corrected chi connectivity index (χ1v) is 8.41. The third kappa shape index (κ3) is 2.47. The van der Waals surface area contributed by atoms with E-state index in [1.165, 1.54) is 0 Å². The Morgan fingerprint density at radius 2 is 2.12 bits per heavy atom. The summed E-state index contributed by atoms with van der Waals surface area (Å²) in [5, 5.41) is 8.81. The number of nitrogens with zero attached hydrogens (tertiary/aromatic N) is 6. The van der Waals surface area contributed by atoms with Crippen molar-refractivity contribution in [2.75, 3.05) is 7.05 Å². The summed E-state index contributed by atoms with van der Waals surface area (Å²) in [6.45, 7) is 4.26. The Bertz CT molecular complexity index is 929. The van der Waals surface area contributed by atoms with Gasteiger partial charge in [0.25, 0.3) is 12.2 Å². The largest absolute Gasteiger partial charge is 0.318 e. The Labute approximate surface area is 150 Å². The molecule has 0 fully saturated rings. The van der Waals surface area contributed by atoms with Gasteiger partial charge in [0.15, 0.2) is 0 Å². The van der Waals surface area contributed by atoms with E-state index in [4.69, 9.17) is 11.6 Å². The smallest absolute Gasteiger partial charge is 0.268 e. The number of fused-ring (bicyclic) bond motifs is 3. The summed E-state index contributed by atoms with van der Waals surface area (Å²) in [7, 11) is 1.71. The molecule has 1 aromatic heterocycles. The second-order valence-electron chi connectivity index (χ2n) is 6.51. The van der Waals surface area contributed by atoms with Crippen LogP contribution in [0.5, 0.6) is 0 Å². The van der Waals surface area contributed by atoms with E-state index in [0.717, 1.165) is 12.1 Å². The van der Waals surface area contributed by atoms with E-state index in [1.807, 2.05) is 23.2 Å². The lowest BCUT2D eigenvalue weighted by Gasteiger charge is -2.24. The second-order valence-corrected chi connectivity index (χ2v) is 6.92. The lowest BCUT2D eigenvalue weighted by atomic mass is 10.1. The fourth-order valence-electron chi connectivity index (χ4n) is 3.08. The maximum Gasteiger partial charge on any atom is 0.318 e. The van der Waals surface area contributed by atoms with E-state index >= 15 is 0 Å². The van der Waals surface area contributed by atoms with Gasteiger partial charge >= 0.3 is 5.82 Å². The number of amides is 1. The van der Waals surface area contributed by atoms with Crippen LogP contribution in [-0.2, 0) is 6.42 Å². The number of halogens is 1. The maximum absolute atomic E-state index is 12.8. The van der Waals surface area contributed by atoms with Gasteiger partial charge in [0.1, 0.15) is 5.56 Å². The van der Waals surface area contributed by atoms with Crippen LogP contribution >= 0.6 is 11.6 Å². The van der Waals surface area contributed by atoms with Gasteiger partial charge in [-0.25, -0.2) is 0 Å². The minimum Gasteiger partial charge on any atom is -0.268 e. The lowest BCUT2D eigenvalue weighted by molar-refractivity contribution is 0.0815. The van der Waals surface area contributed by atoms with Crippen LogP contribution in [0.15, 0.2) is 35.2 Å². The van der Waals surface area contributed by atoms with Crippen molar-refractivity contribution in [2.45, 2.75) is 20.3 Å². The first-order valence-electron chi connectivity index (χ1n) is 8.03. The standard InChI is InChI=1S/C17H17ClN6O/c1-10(2)7-11-8-24(21-20-11)15-16-22(3)17(25)14-12(18)5-4-6-13(14)23(16)9-19-15/h4-6,8-10H,7H2,1-3H3/q+1. The number of rotatable bonds is 3. The highest BCUT2D eigenvalue weighted by atomic mass is 35.5. The van der Waals surface area contributed by atoms with Crippen LogP contribution in [-0.4, -0.2) is 39.2 Å². The SMILES string of the molecule is CC(C)Cc1cn(C2=C3N(C)C(=O)c4c(Cl)cccc4[N+]3C=N2)nn1. The van der Waals surface area contributed by atoms with Crippen LogP contribution in [0.2, 0.25) is 5.02 Å². The van der Waals surface area contributed by atoms with E-state index in [2.05, 4.69) is 29.2 Å². The van der Waals surface area contributed by atoms with E-state index in [1.54, 1.807) is 29.0 Å². The maximum atomic E-state index is 12.8. The predicted octanol–water partition coefficient (Wildman–Crippen LogP) is 2.81. The van der Waals surface area contributed by atoms with Gasteiger partial charge < -0.3 is 0 Å². The first kappa shape index (κ1) is 16.0. The molecule has 0 aliphatic carbocycles. The zero-order valence-electron chi connectivity index (χ0n) is 14.1. The molecular weight excluding hydrogens is 340 g/mol. The molecule has 2 aliphatic rings. The molecule has 0 bridgehead atoms. The van der Waals surface area contributed by atoms with Crippen LogP contribution in [0.3, 0.4) is 0 Å². The number of aliphatic imine (C=N–C) groups is 1. The van der Waals surface area contributed by atoms with E-state index in [-0.39, 0.29) is 5.91 Å². The van der Waals surface area contributed by atoms with Gasteiger partial charge in [-0.05, 0) is 23.3 Å².